The summed E-state index contributed by atoms with van der Waals surface area (Å²) in [4.78, 5) is 18.9. The van der Waals surface area contributed by atoms with Gasteiger partial charge in [-0.25, -0.2) is 0 Å². The Labute approximate surface area is 189 Å². The van der Waals surface area contributed by atoms with Crippen LogP contribution >= 0.6 is 34.9 Å². The van der Waals surface area contributed by atoms with Crippen molar-refractivity contribution in [3.05, 3.63) is 46.8 Å². The highest BCUT2D eigenvalue weighted by Gasteiger charge is 2.13. The molecular weight excluding hydrogens is 436 g/mol. The SMILES string of the molecule is COc1cc2sc(=NC(=O)CCSc3ccc(C)cc3)n(CCSC)c2cc1OC. The summed E-state index contributed by atoms with van der Waals surface area (Å²) in [6.07, 6.45) is 2.48. The van der Waals surface area contributed by atoms with Gasteiger partial charge < -0.3 is 14.0 Å². The minimum absolute atomic E-state index is 0.0991. The average Bonchev–Trinajstić information content (AvgIpc) is 3.08. The third-order valence-corrected chi connectivity index (χ3v) is 7.18. The first kappa shape index (κ1) is 22.8. The summed E-state index contributed by atoms with van der Waals surface area (Å²) in [6, 6.07) is 12.3. The van der Waals surface area contributed by atoms with Crippen molar-refractivity contribution in [1.82, 2.24) is 4.57 Å². The maximum atomic E-state index is 12.6. The highest BCUT2D eigenvalue weighted by Crippen LogP contribution is 2.33. The minimum Gasteiger partial charge on any atom is -0.493 e. The number of benzene rings is 2. The van der Waals surface area contributed by atoms with Crippen molar-refractivity contribution >= 4 is 51.0 Å². The predicted molar refractivity (Wildman–Crippen MR) is 128 cm³/mol. The first-order valence-corrected chi connectivity index (χ1v) is 12.8. The number of fused-ring (bicyclic) bond motifs is 1. The van der Waals surface area contributed by atoms with E-state index in [2.05, 4.69) is 47.0 Å². The number of rotatable bonds is 9. The van der Waals surface area contributed by atoms with Gasteiger partial charge in [0, 0.05) is 41.5 Å². The Bertz CT molecular complexity index is 1070. The molecule has 0 N–H and O–H groups in total. The maximum absolute atomic E-state index is 12.6. The molecule has 8 heteroatoms. The third kappa shape index (κ3) is 5.62. The summed E-state index contributed by atoms with van der Waals surface area (Å²) < 4.78 is 14.0. The van der Waals surface area contributed by atoms with Crippen molar-refractivity contribution in [2.45, 2.75) is 24.8 Å². The van der Waals surface area contributed by atoms with Crippen LogP contribution in [0.4, 0.5) is 0 Å². The Morgan fingerprint density at radius 1 is 1.10 bits per heavy atom. The van der Waals surface area contributed by atoms with E-state index in [1.807, 2.05) is 12.1 Å². The van der Waals surface area contributed by atoms with E-state index >= 15 is 0 Å². The molecule has 0 aliphatic heterocycles. The highest BCUT2D eigenvalue weighted by atomic mass is 32.2. The van der Waals surface area contributed by atoms with E-state index in [1.165, 1.54) is 21.8 Å². The van der Waals surface area contributed by atoms with Gasteiger partial charge in [0.15, 0.2) is 16.3 Å². The Hall–Kier alpha value is -1.90. The van der Waals surface area contributed by atoms with Crippen molar-refractivity contribution < 1.29 is 14.3 Å². The van der Waals surface area contributed by atoms with Gasteiger partial charge in [-0.3, -0.25) is 4.79 Å². The number of ether oxygens (including phenoxy) is 2. The lowest BCUT2D eigenvalue weighted by Crippen LogP contribution is -2.18. The van der Waals surface area contributed by atoms with Crippen LogP contribution in [0.25, 0.3) is 10.2 Å². The smallest absolute Gasteiger partial charge is 0.249 e. The van der Waals surface area contributed by atoms with E-state index in [-0.39, 0.29) is 5.91 Å². The molecule has 2 aromatic carbocycles. The number of nitrogens with zero attached hydrogens (tertiary/aromatic N) is 2. The molecule has 1 amide bonds. The molecule has 0 bridgehead atoms. The van der Waals surface area contributed by atoms with Gasteiger partial charge in [-0.2, -0.15) is 16.8 Å². The second-order valence-corrected chi connectivity index (χ2v) is 9.78. The summed E-state index contributed by atoms with van der Waals surface area (Å²) in [5.41, 5.74) is 2.24. The molecule has 1 heterocycles. The van der Waals surface area contributed by atoms with Crippen molar-refractivity contribution in [1.29, 1.82) is 0 Å². The molecule has 1 aromatic heterocycles. The van der Waals surface area contributed by atoms with Gasteiger partial charge in [0.25, 0.3) is 0 Å². The molecule has 0 aliphatic carbocycles. The van der Waals surface area contributed by atoms with Crippen molar-refractivity contribution in [2.24, 2.45) is 4.99 Å². The second-order valence-electron chi connectivity index (χ2n) is 6.62. The number of hydrogen-bond donors (Lipinski definition) is 0. The van der Waals surface area contributed by atoms with Crippen LogP contribution in [0.2, 0.25) is 0 Å². The summed E-state index contributed by atoms with van der Waals surface area (Å²) in [5, 5.41) is 0. The normalized spacial score (nSPS) is 11.8. The molecule has 3 rings (SSSR count). The van der Waals surface area contributed by atoms with Gasteiger partial charge in [0.2, 0.25) is 5.91 Å². The third-order valence-electron chi connectivity index (χ3n) is 4.53. The Morgan fingerprint density at radius 2 is 1.80 bits per heavy atom. The lowest BCUT2D eigenvalue weighted by atomic mass is 10.2. The van der Waals surface area contributed by atoms with Gasteiger partial charge in [-0.15, -0.1) is 11.8 Å². The lowest BCUT2D eigenvalue weighted by molar-refractivity contribution is -0.117. The van der Waals surface area contributed by atoms with Crippen molar-refractivity contribution in [2.75, 3.05) is 32.0 Å². The van der Waals surface area contributed by atoms with Gasteiger partial charge >= 0.3 is 0 Å². The molecule has 30 heavy (non-hydrogen) atoms. The van der Waals surface area contributed by atoms with Crippen molar-refractivity contribution in [3.63, 3.8) is 0 Å². The zero-order chi connectivity index (χ0) is 21.5. The molecule has 0 unspecified atom stereocenters. The highest BCUT2D eigenvalue weighted by molar-refractivity contribution is 7.99. The van der Waals surface area contributed by atoms with E-state index in [1.54, 1.807) is 37.7 Å². The Morgan fingerprint density at radius 3 is 2.47 bits per heavy atom. The monoisotopic (exact) mass is 462 g/mol. The molecule has 3 aromatic rings. The lowest BCUT2D eigenvalue weighted by Gasteiger charge is -2.09. The molecule has 0 spiro atoms. The minimum atomic E-state index is -0.0991. The zero-order valence-corrected chi connectivity index (χ0v) is 20.1. The number of thiazole rings is 1. The van der Waals surface area contributed by atoms with E-state index < -0.39 is 0 Å². The molecular formula is C22H26N2O3S3. The molecule has 160 valence electrons. The Balaban J connectivity index is 1.83. The van der Waals surface area contributed by atoms with Crippen LogP contribution in [0.5, 0.6) is 11.5 Å². The van der Waals surface area contributed by atoms with Crippen LogP contribution < -0.4 is 14.3 Å². The zero-order valence-electron chi connectivity index (χ0n) is 17.6. The van der Waals surface area contributed by atoms with Gasteiger partial charge in [0.05, 0.1) is 24.4 Å². The average molecular weight is 463 g/mol. The number of carbonyl (C=O) groups excluding carboxylic acids is 1. The first-order valence-electron chi connectivity index (χ1n) is 9.57. The van der Waals surface area contributed by atoms with E-state index in [9.17, 15) is 4.79 Å². The quantitative estimate of drug-likeness (QED) is 0.419. The largest absolute Gasteiger partial charge is 0.493 e. The van der Waals surface area contributed by atoms with Gasteiger partial charge in [-0.1, -0.05) is 29.0 Å². The molecule has 5 nitrogen and oxygen atoms in total. The van der Waals surface area contributed by atoms with Gasteiger partial charge in [-0.05, 0) is 25.3 Å². The molecule has 0 fully saturated rings. The number of aryl methyl sites for hydroxylation is 2. The molecule has 0 atom stereocenters. The predicted octanol–water partition coefficient (Wildman–Crippen LogP) is 5.00. The number of aromatic nitrogens is 1. The van der Waals surface area contributed by atoms with E-state index in [4.69, 9.17) is 9.47 Å². The van der Waals surface area contributed by atoms with Crippen LogP contribution in [-0.2, 0) is 11.3 Å². The molecule has 0 saturated carbocycles. The number of carbonyl (C=O) groups is 1. The number of amides is 1. The van der Waals surface area contributed by atoms with Gasteiger partial charge in [0.1, 0.15) is 0 Å². The van der Waals surface area contributed by atoms with Crippen molar-refractivity contribution in [3.8, 4) is 11.5 Å². The first-order chi connectivity index (χ1) is 14.5. The summed E-state index contributed by atoms with van der Waals surface area (Å²) in [6.45, 7) is 2.85. The fourth-order valence-electron chi connectivity index (χ4n) is 2.93. The van der Waals surface area contributed by atoms with E-state index in [0.29, 0.717) is 23.7 Å². The number of hydrogen-bond acceptors (Lipinski definition) is 6. The van der Waals surface area contributed by atoms with Crippen LogP contribution in [0, 0.1) is 6.92 Å². The molecule has 0 aliphatic rings. The van der Waals surface area contributed by atoms with Crippen LogP contribution in [-0.4, -0.2) is 42.5 Å². The number of thioether (sulfide) groups is 2. The summed E-state index contributed by atoms with van der Waals surface area (Å²) in [7, 11) is 3.25. The van der Waals surface area contributed by atoms with Crippen LogP contribution in [0.3, 0.4) is 0 Å². The topological polar surface area (TPSA) is 52.8 Å². The standard InChI is InChI=1S/C22H26N2O3S3/c1-15-5-7-16(8-6-15)29-11-9-21(25)23-22-24(10-12-28-4)17-13-18(26-2)19(27-3)14-20(17)30-22/h5-8,13-14H,9-12H2,1-4H3. The van der Waals surface area contributed by atoms with Crippen LogP contribution in [0.1, 0.15) is 12.0 Å². The fourth-order valence-corrected chi connectivity index (χ4v) is 5.22. The second kappa shape index (κ2) is 10.9. The van der Waals surface area contributed by atoms with E-state index in [0.717, 1.165) is 27.3 Å². The van der Waals surface area contributed by atoms with Crippen LogP contribution in [0.15, 0.2) is 46.3 Å². The molecule has 0 radical (unpaired) electrons. The maximum Gasteiger partial charge on any atom is 0.249 e. The summed E-state index contributed by atoms with van der Waals surface area (Å²) in [5.74, 6) is 2.90. The Kier molecular flexibility index (Phi) is 8.30. The number of methoxy groups -OCH3 is 2. The fraction of sp³-hybridized carbons (Fsp3) is 0.364. The summed E-state index contributed by atoms with van der Waals surface area (Å²) >= 11 is 4.95. The molecule has 0 saturated heterocycles.